The fourth-order valence-corrected chi connectivity index (χ4v) is 2.33. The van der Waals surface area contributed by atoms with E-state index in [1.807, 2.05) is 14.1 Å². The number of nitrogens with one attached hydrogen (secondary N) is 3. The third-order valence-corrected chi connectivity index (χ3v) is 3.63. The van der Waals surface area contributed by atoms with E-state index < -0.39 is 11.5 Å². The van der Waals surface area contributed by atoms with Crippen molar-refractivity contribution >= 4 is 16.8 Å². The third-order valence-electron chi connectivity index (χ3n) is 3.63. The van der Waals surface area contributed by atoms with Crippen LogP contribution in [0.4, 0.5) is 0 Å². The highest BCUT2D eigenvalue weighted by Crippen LogP contribution is 2.35. The molecule has 0 unspecified atom stereocenters. The molecule has 25 heavy (non-hydrogen) atoms. The van der Waals surface area contributed by atoms with Crippen LogP contribution in [0, 0.1) is 0 Å². The molecule has 0 saturated heterocycles. The first kappa shape index (κ1) is 20.6. The van der Waals surface area contributed by atoms with Crippen molar-refractivity contribution in [1.29, 1.82) is 0 Å². The van der Waals surface area contributed by atoms with E-state index in [0.717, 1.165) is 4.90 Å². The Bertz CT molecular complexity index is 820. The van der Waals surface area contributed by atoms with Gasteiger partial charge in [-0.05, 0) is 6.07 Å². The van der Waals surface area contributed by atoms with E-state index in [-0.39, 0.29) is 23.7 Å². The largest absolute Gasteiger partial charge is 1.00 e. The minimum atomic E-state index is -0.665. The van der Waals surface area contributed by atoms with Crippen molar-refractivity contribution in [1.82, 2.24) is 10.3 Å². The van der Waals surface area contributed by atoms with Gasteiger partial charge in [0, 0.05) is 11.5 Å². The average Bonchev–Trinajstić information content (AvgIpc) is 2.53. The third kappa shape index (κ3) is 4.34. The molecule has 4 N–H and O–H groups in total. The highest BCUT2D eigenvalue weighted by Gasteiger charge is 2.20. The van der Waals surface area contributed by atoms with Gasteiger partial charge < -0.3 is 42.2 Å². The molecule has 1 aromatic carbocycles. The van der Waals surface area contributed by atoms with Crippen LogP contribution in [0.5, 0.6) is 17.2 Å². The number of pyridine rings is 1. The van der Waals surface area contributed by atoms with E-state index >= 15 is 0 Å². The molecule has 2 aromatic rings. The van der Waals surface area contributed by atoms with Gasteiger partial charge >= 0.3 is 0 Å². The van der Waals surface area contributed by atoms with Crippen molar-refractivity contribution in [2.24, 2.45) is 0 Å². The standard InChI is InChI=1S/C16H21N3O5.ClH/c1-19(2)6-5-17-15(21)13-14(20)9-7-11(23-3)12(24-4)8-10(9)18-16(13)22;/h7-8H,5-6H2,1-4H3,(H,17,21)(H2,18,20,22);1H. The number of hydrogen-bond donors (Lipinski definition) is 4. The fourth-order valence-electron chi connectivity index (χ4n) is 2.33. The lowest BCUT2D eigenvalue weighted by molar-refractivity contribution is -0.856. The van der Waals surface area contributed by atoms with Gasteiger partial charge in [-0.3, -0.25) is 9.59 Å². The number of ether oxygens (including phenoxy) is 2. The van der Waals surface area contributed by atoms with Crippen molar-refractivity contribution in [2.45, 2.75) is 0 Å². The number of carbonyl (C=O) groups excluding carboxylic acids is 1. The maximum Gasteiger partial charge on any atom is 0.265 e. The zero-order valence-electron chi connectivity index (χ0n) is 14.5. The molecule has 0 fully saturated rings. The first-order valence-electron chi connectivity index (χ1n) is 7.47. The van der Waals surface area contributed by atoms with E-state index in [9.17, 15) is 14.7 Å². The second kappa shape index (κ2) is 8.59. The number of aromatic hydroxyl groups is 1. The fraction of sp³-hybridized carbons (Fsp3) is 0.375. The number of H-pyrrole nitrogens is 1. The first-order chi connectivity index (χ1) is 11.4. The number of carbonyl (C=O) groups is 1. The summed E-state index contributed by atoms with van der Waals surface area (Å²) >= 11 is 0. The number of likely N-dealkylation sites (N-methyl/N-ethyl adjacent to an activating group) is 1. The zero-order chi connectivity index (χ0) is 17.9. The van der Waals surface area contributed by atoms with Gasteiger partial charge in [-0.25, -0.2) is 0 Å². The number of rotatable bonds is 6. The molecule has 0 spiro atoms. The molecule has 9 heteroatoms. The Morgan fingerprint density at radius 1 is 1.24 bits per heavy atom. The van der Waals surface area contributed by atoms with E-state index in [1.165, 1.54) is 26.4 Å². The lowest BCUT2D eigenvalue weighted by Gasteiger charge is -2.12. The predicted molar refractivity (Wildman–Crippen MR) is 89.3 cm³/mol. The summed E-state index contributed by atoms with van der Waals surface area (Å²) < 4.78 is 10.4. The molecule has 1 heterocycles. The van der Waals surface area contributed by atoms with Gasteiger partial charge in [-0.15, -0.1) is 0 Å². The van der Waals surface area contributed by atoms with Gasteiger partial charge in [-0.1, -0.05) is 0 Å². The predicted octanol–water partition coefficient (Wildman–Crippen LogP) is -3.87. The first-order valence-corrected chi connectivity index (χ1v) is 7.47. The SMILES string of the molecule is COc1cc2[nH]c(=O)c(C(=O)NCC[NH+](C)C)c(O)c2cc1OC.[Cl-]. The monoisotopic (exact) mass is 371 g/mol. The summed E-state index contributed by atoms with van der Waals surface area (Å²) in [5.41, 5.74) is -0.630. The molecule has 0 aliphatic carbocycles. The van der Waals surface area contributed by atoms with Crippen LogP contribution in [-0.2, 0) is 0 Å². The summed E-state index contributed by atoms with van der Waals surface area (Å²) in [5.74, 6) is -0.211. The number of fused-ring (bicyclic) bond motifs is 1. The molecule has 0 radical (unpaired) electrons. The highest BCUT2D eigenvalue weighted by atomic mass is 35.5. The van der Waals surface area contributed by atoms with Crippen LogP contribution in [-0.4, -0.2) is 57.4 Å². The maximum absolute atomic E-state index is 12.2. The number of methoxy groups -OCH3 is 2. The number of quaternary nitrogens is 1. The van der Waals surface area contributed by atoms with E-state index in [1.54, 1.807) is 0 Å². The van der Waals surface area contributed by atoms with Crippen molar-refractivity contribution in [3.63, 3.8) is 0 Å². The van der Waals surface area contributed by atoms with Gasteiger partial charge in [-0.2, -0.15) is 0 Å². The number of amides is 1. The Balaban J connectivity index is 0.00000312. The Hall–Kier alpha value is -2.45. The van der Waals surface area contributed by atoms with Crippen molar-refractivity contribution in [2.75, 3.05) is 41.4 Å². The van der Waals surface area contributed by atoms with Crippen LogP contribution in [0.1, 0.15) is 10.4 Å². The van der Waals surface area contributed by atoms with Gasteiger partial charge in [0.2, 0.25) is 0 Å². The van der Waals surface area contributed by atoms with Gasteiger partial charge in [0.05, 0.1) is 46.9 Å². The number of aromatic nitrogens is 1. The smallest absolute Gasteiger partial charge is 0.265 e. The van der Waals surface area contributed by atoms with Crippen molar-refractivity contribution in [3.05, 3.63) is 28.0 Å². The van der Waals surface area contributed by atoms with Crippen molar-refractivity contribution < 1.29 is 36.7 Å². The molecule has 0 atom stereocenters. The lowest BCUT2D eigenvalue weighted by atomic mass is 10.1. The summed E-state index contributed by atoms with van der Waals surface area (Å²) in [6, 6.07) is 3.05. The molecule has 8 nitrogen and oxygen atoms in total. The van der Waals surface area contributed by atoms with Crippen molar-refractivity contribution in [3.8, 4) is 17.2 Å². The second-order valence-corrected chi connectivity index (χ2v) is 5.64. The quantitative estimate of drug-likeness (QED) is 0.416. The second-order valence-electron chi connectivity index (χ2n) is 5.64. The molecule has 0 saturated carbocycles. The van der Waals surface area contributed by atoms with E-state index in [4.69, 9.17) is 9.47 Å². The zero-order valence-corrected chi connectivity index (χ0v) is 15.3. The molecule has 2 rings (SSSR count). The minimum absolute atomic E-state index is 0. The summed E-state index contributed by atoms with van der Waals surface area (Å²) in [6.45, 7) is 1.09. The average molecular weight is 372 g/mol. The van der Waals surface area contributed by atoms with Crippen LogP contribution < -0.4 is 37.7 Å². The van der Waals surface area contributed by atoms with Crippen LogP contribution in [0.15, 0.2) is 16.9 Å². The summed E-state index contributed by atoms with van der Waals surface area (Å²) in [7, 11) is 6.83. The summed E-state index contributed by atoms with van der Waals surface area (Å²) in [4.78, 5) is 28.2. The number of benzene rings is 1. The molecular formula is C16H22ClN3O5. The molecule has 1 amide bonds. The Morgan fingerprint density at radius 2 is 1.84 bits per heavy atom. The molecule has 0 aliphatic rings. The van der Waals surface area contributed by atoms with Crippen LogP contribution in [0.25, 0.3) is 10.9 Å². The molecule has 138 valence electrons. The molecular weight excluding hydrogens is 350 g/mol. The summed E-state index contributed by atoms with van der Waals surface area (Å²) in [5, 5.41) is 13.3. The number of halogens is 1. The van der Waals surface area contributed by atoms with E-state index in [2.05, 4.69) is 10.3 Å². The molecule has 0 bridgehead atoms. The Labute approximate surface area is 151 Å². The van der Waals surface area contributed by atoms with Crippen LogP contribution in [0.3, 0.4) is 0 Å². The van der Waals surface area contributed by atoms with Gasteiger partial charge in [0.1, 0.15) is 11.3 Å². The minimum Gasteiger partial charge on any atom is -1.00 e. The molecule has 0 aliphatic heterocycles. The highest BCUT2D eigenvalue weighted by molar-refractivity contribution is 6.02. The van der Waals surface area contributed by atoms with Crippen LogP contribution >= 0.6 is 0 Å². The number of hydrogen-bond acceptors (Lipinski definition) is 5. The number of aromatic amines is 1. The van der Waals surface area contributed by atoms with E-state index in [0.29, 0.717) is 35.5 Å². The van der Waals surface area contributed by atoms with Gasteiger partial charge in [0.25, 0.3) is 11.5 Å². The van der Waals surface area contributed by atoms with Gasteiger partial charge in [0.15, 0.2) is 11.5 Å². The topological polar surface area (TPSA) is 105 Å². The maximum atomic E-state index is 12.2. The Kier molecular flexibility index (Phi) is 7.08. The lowest BCUT2D eigenvalue weighted by Crippen LogP contribution is -3.06. The summed E-state index contributed by atoms with van der Waals surface area (Å²) in [6.07, 6.45) is 0. The molecule has 1 aromatic heterocycles. The normalized spacial score (nSPS) is 10.4. The van der Waals surface area contributed by atoms with Crippen LogP contribution in [0.2, 0.25) is 0 Å². The Morgan fingerprint density at radius 3 is 2.40 bits per heavy atom.